The quantitative estimate of drug-likeness (QED) is 0.566. The van der Waals surface area contributed by atoms with Crippen LogP contribution >= 0.6 is 12.6 Å². The molecule has 0 aliphatic rings. The molecule has 0 aliphatic heterocycles. The smallest absolute Gasteiger partial charge is 0.00901 e. The van der Waals surface area contributed by atoms with E-state index in [0.717, 1.165) is 23.6 Å². The molecule has 0 radical (unpaired) electrons. The molecule has 0 heterocycles. The first-order valence-corrected chi connectivity index (χ1v) is 8.03. The maximum atomic E-state index is 4.32. The summed E-state index contributed by atoms with van der Waals surface area (Å²) in [6.07, 6.45) is 5.14. The number of hydrogen-bond donors (Lipinski definition) is 1. The van der Waals surface area contributed by atoms with Crippen molar-refractivity contribution in [1.29, 1.82) is 0 Å². The molecule has 0 rings (SSSR count). The maximum Gasteiger partial charge on any atom is 0.00901 e. The van der Waals surface area contributed by atoms with E-state index in [1.54, 1.807) is 0 Å². The first kappa shape index (κ1) is 17.3. The van der Waals surface area contributed by atoms with E-state index in [2.05, 4.69) is 52.1 Å². The molecule has 0 amide bonds. The fraction of sp³-hybridized carbons (Fsp3) is 1.00. The van der Waals surface area contributed by atoms with Gasteiger partial charge < -0.3 is 4.90 Å². The van der Waals surface area contributed by atoms with Crippen LogP contribution in [0.2, 0.25) is 0 Å². The molecule has 0 saturated heterocycles. The van der Waals surface area contributed by atoms with Crippen molar-refractivity contribution < 1.29 is 0 Å². The SMILES string of the molecule is CCC(CC)N(CCC(C)CCS)CC(C)C. The molecule has 0 bridgehead atoms. The Bertz CT molecular complexity index is 166. The minimum atomic E-state index is 0.774. The van der Waals surface area contributed by atoms with Crippen molar-refractivity contribution in [3.63, 3.8) is 0 Å². The van der Waals surface area contributed by atoms with Gasteiger partial charge >= 0.3 is 0 Å². The highest BCUT2D eigenvalue weighted by atomic mass is 32.1. The first-order valence-electron chi connectivity index (χ1n) is 7.39. The Hall–Kier alpha value is 0.310. The van der Waals surface area contributed by atoms with Crippen LogP contribution in [0.25, 0.3) is 0 Å². The molecule has 0 aromatic heterocycles. The Kier molecular flexibility index (Phi) is 10.4. The second-order valence-electron chi connectivity index (χ2n) is 5.77. The van der Waals surface area contributed by atoms with Crippen molar-refractivity contribution in [1.82, 2.24) is 4.90 Å². The van der Waals surface area contributed by atoms with Gasteiger partial charge in [0.2, 0.25) is 0 Å². The lowest BCUT2D eigenvalue weighted by molar-refractivity contribution is 0.156. The molecule has 0 aromatic carbocycles. The lowest BCUT2D eigenvalue weighted by Crippen LogP contribution is -2.38. The molecule has 17 heavy (non-hydrogen) atoms. The second-order valence-corrected chi connectivity index (χ2v) is 6.21. The predicted octanol–water partition coefficient (Wildman–Crippen LogP) is 4.48. The van der Waals surface area contributed by atoms with Crippen LogP contribution in [0.1, 0.15) is 60.3 Å². The topological polar surface area (TPSA) is 3.24 Å². The monoisotopic (exact) mass is 259 g/mol. The average molecular weight is 260 g/mol. The molecule has 0 spiro atoms. The normalized spacial score (nSPS) is 13.9. The van der Waals surface area contributed by atoms with Gasteiger partial charge in [0.15, 0.2) is 0 Å². The summed E-state index contributed by atoms with van der Waals surface area (Å²) in [5, 5.41) is 0. The van der Waals surface area contributed by atoms with E-state index in [0.29, 0.717) is 0 Å². The van der Waals surface area contributed by atoms with E-state index in [4.69, 9.17) is 0 Å². The summed E-state index contributed by atoms with van der Waals surface area (Å²) in [5.41, 5.74) is 0. The zero-order valence-electron chi connectivity index (χ0n) is 12.6. The van der Waals surface area contributed by atoms with Crippen molar-refractivity contribution >= 4 is 12.6 Å². The van der Waals surface area contributed by atoms with Crippen LogP contribution in [0.15, 0.2) is 0 Å². The Morgan fingerprint density at radius 3 is 2.00 bits per heavy atom. The van der Waals surface area contributed by atoms with Crippen molar-refractivity contribution in [3.8, 4) is 0 Å². The highest BCUT2D eigenvalue weighted by molar-refractivity contribution is 7.80. The van der Waals surface area contributed by atoms with E-state index in [-0.39, 0.29) is 0 Å². The minimum absolute atomic E-state index is 0.774. The van der Waals surface area contributed by atoms with E-state index < -0.39 is 0 Å². The van der Waals surface area contributed by atoms with Gasteiger partial charge in [0, 0.05) is 12.6 Å². The van der Waals surface area contributed by atoms with Gasteiger partial charge in [-0.15, -0.1) is 0 Å². The molecule has 104 valence electrons. The van der Waals surface area contributed by atoms with Gasteiger partial charge in [0.1, 0.15) is 0 Å². The molecule has 0 saturated carbocycles. The molecule has 0 aliphatic carbocycles. The van der Waals surface area contributed by atoms with Crippen LogP contribution < -0.4 is 0 Å². The second kappa shape index (κ2) is 10.3. The van der Waals surface area contributed by atoms with Crippen LogP contribution in [0.4, 0.5) is 0 Å². The maximum absolute atomic E-state index is 4.32. The lowest BCUT2D eigenvalue weighted by Gasteiger charge is -2.32. The van der Waals surface area contributed by atoms with Crippen molar-refractivity contribution in [2.75, 3.05) is 18.8 Å². The third-order valence-electron chi connectivity index (χ3n) is 3.59. The van der Waals surface area contributed by atoms with E-state index in [9.17, 15) is 0 Å². The van der Waals surface area contributed by atoms with Crippen LogP contribution in [-0.4, -0.2) is 29.8 Å². The fourth-order valence-electron chi connectivity index (χ4n) is 2.45. The number of thiol groups is 1. The van der Waals surface area contributed by atoms with Gasteiger partial charge in [0.25, 0.3) is 0 Å². The molecular weight excluding hydrogens is 226 g/mol. The van der Waals surface area contributed by atoms with Crippen molar-refractivity contribution in [3.05, 3.63) is 0 Å². The number of nitrogens with zero attached hydrogens (tertiary/aromatic N) is 1. The fourth-order valence-corrected chi connectivity index (χ4v) is 2.89. The van der Waals surface area contributed by atoms with E-state index in [1.807, 2.05) is 0 Å². The molecule has 1 atom stereocenters. The zero-order chi connectivity index (χ0) is 13.3. The standard InChI is InChI=1S/C15H33NS/c1-6-15(7-2)16(12-13(3)4)10-8-14(5)9-11-17/h13-15,17H,6-12H2,1-5H3. The lowest BCUT2D eigenvalue weighted by atomic mass is 10.0. The molecule has 1 unspecified atom stereocenters. The third kappa shape index (κ3) is 8.10. The third-order valence-corrected chi connectivity index (χ3v) is 3.85. The van der Waals surface area contributed by atoms with Crippen LogP contribution in [0.5, 0.6) is 0 Å². The van der Waals surface area contributed by atoms with Crippen molar-refractivity contribution in [2.45, 2.75) is 66.3 Å². The number of hydrogen-bond acceptors (Lipinski definition) is 2. The summed E-state index contributed by atoms with van der Waals surface area (Å²) in [6, 6.07) is 0.778. The molecule has 0 N–H and O–H groups in total. The zero-order valence-corrected chi connectivity index (χ0v) is 13.5. The van der Waals surface area contributed by atoms with Gasteiger partial charge in [0.05, 0.1) is 0 Å². The largest absolute Gasteiger partial charge is 0.300 e. The highest BCUT2D eigenvalue weighted by Gasteiger charge is 2.16. The highest BCUT2D eigenvalue weighted by Crippen LogP contribution is 2.15. The summed E-state index contributed by atoms with van der Waals surface area (Å²) >= 11 is 4.32. The van der Waals surface area contributed by atoms with Crippen molar-refractivity contribution in [2.24, 2.45) is 11.8 Å². The Balaban J connectivity index is 4.17. The van der Waals surface area contributed by atoms with Crippen LogP contribution in [0, 0.1) is 11.8 Å². The van der Waals surface area contributed by atoms with E-state index >= 15 is 0 Å². The Morgan fingerprint density at radius 1 is 1.00 bits per heavy atom. The molecule has 0 aromatic rings. The van der Waals surface area contributed by atoms with Gasteiger partial charge in [-0.1, -0.05) is 34.6 Å². The minimum Gasteiger partial charge on any atom is -0.300 e. The van der Waals surface area contributed by atoms with Gasteiger partial charge in [-0.3, -0.25) is 0 Å². The summed E-state index contributed by atoms with van der Waals surface area (Å²) in [5.74, 6) is 2.61. The van der Waals surface area contributed by atoms with Gasteiger partial charge in [-0.2, -0.15) is 12.6 Å². The Labute approximate surface area is 115 Å². The van der Waals surface area contributed by atoms with Crippen LogP contribution in [-0.2, 0) is 0 Å². The van der Waals surface area contributed by atoms with Gasteiger partial charge in [-0.25, -0.2) is 0 Å². The number of rotatable bonds is 10. The predicted molar refractivity (Wildman–Crippen MR) is 83.0 cm³/mol. The Morgan fingerprint density at radius 2 is 1.59 bits per heavy atom. The summed E-state index contributed by atoms with van der Waals surface area (Å²) in [6.45, 7) is 14.2. The molecule has 0 fully saturated rings. The molecule has 1 nitrogen and oxygen atoms in total. The average Bonchev–Trinajstić information content (AvgIpc) is 2.27. The first-order chi connectivity index (χ1) is 8.04. The van der Waals surface area contributed by atoms with Crippen LogP contribution in [0.3, 0.4) is 0 Å². The molecular formula is C15H33NS. The van der Waals surface area contributed by atoms with Gasteiger partial charge in [-0.05, 0) is 49.8 Å². The molecule has 2 heteroatoms. The van der Waals surface area contributed by atoms with E-state index in [1.165, 1.54) is 38.8 Å². The summed E-state index contributed by atoms with van der Waals surface area (Å²) in [7, 11) is 0. The summed E-state index contributed by atoms with van der Waals surface area (Å²) < 4.78 is 0. The summed E-state index contributed by atoms with van der Waals surface area (Å²) in [4.78, 5) is 2.71.